The predicted molar refractivity (Wildman–Crippen MR) is 101 cm³/mol. The van der Waals surface area contributed by atoms with Crippen LogP contribution in [-0.4, -0.2) is 30.3 Å². The minimum Gasteiger partial charge on any atom is -0.496 e. The number of hydrogen-bond donors (Lipinski definition) is 3. The summed E-state index contributed by atoms with van der Waals surface area (Å²) in [6.45, 7) is 1.33. The standard InChI is InChI=1S/C19H21BrN2O2/c1-24-19-7-6-13(10-16(19)20)18(23)12-21-9-8-14-11-22-17-5-3-2-4-15(14)17/h2-7,10-11,18,21-23H,8-9,12H2,1H3. The average Bonchev–Trinajstić information content (AvgIpc) is 3.01. The highest BCUT2D eigenvalue weighted by molar-refractivity contribution is 9.10. The van der Waals surface area contributed by atoms with E-state index in [9.17, 15) is 5.11 Å². The van der Waals surface area contributed by atoms with Crippen molar-refractivity contribution in [2.75, 3.05) is 20.2 Å². The van der Waals surface area contributed by atoms with Crippen LogP contribution < -0.4 is 10.1 Å². The second-order valence-electron chi connectivity index (χ2n) is 5.72. The molecule has 0 saturated carbocycles. The number of benzene rings is 2. The molecule has 0 bridgehead atoms. The molecule has 1 aromatic heterocycles. The lowest BCUT2D eigenvalue weighted by atomic mass is 10.1. The summed E-state index contributed by atoms with van der Waals surface area (Å²) in [6.07, 6.45) is 2.43. The van der Waals surface area contributed by atoms with Gasteiger partial charge in [0, 0.05) is 23.6 Å². The number of hydrogen-bond acceptors (Lipinski definition) is 3. The van der Waals surface area contributed by atoms with Gasteiger partial charge in [0.15, 0.2) is 0 Å². The fourth-order valence-electron chi connectivity index (χ4n) is 2.81. The third kappa shape index (κ3) is 3.80. The number of aromatic amines is 1. The first-order valence-corrected chi connectivity index (χ1v) is 8.75. The molecular weight excluding hydrogens is 368 g/mol. The van der Waals surface area contributed by atoms with E-state index in [1.165, 1.54) is 10.9 Å². The molecule has 0 fully saturated rings. The van der Waals surface area contributed by atoms with Gasteiger partial charge in [-0.15, -0.1) is 0 Å². The van der Waals surface area contributed by atoms with Gasteiger partial charge in [0.05, 0.1) is 17.7 Å². The Kier molecular flexibility index (Phi) is 5.56. The molecule has 0 saturated heterocycles. The molecule has 0 spiro atoms. The summed E-state index contributed by atoms with van der Waals surface area (Å²) < 4.78 is 6.06. The van der Waals surface area contributed by atoms with Gasteiger partial charge in [-0.05, 0) is 58.2 Å². The maximum atomic E-state index is 10.3. The fourth-order valence-corrected chi connectivity index (χ4v) is 3.37. The predicted octanol–water partition coefficient (Wildman–Crippen LogP) is 3.80. The zero-order chi connectivity index (χ0) is 16.9. The maximum absolute atomic E-state index is 10.3. The largest absolute Gasteiger partial charge is 0.496 e. The number of halogens is 1. The molecule has 5 heteroatoms. The molecule has 0 amide bonds. The second kappa shape index (κ2) is 7.83. The molecule has 2 aromatic carbocycles. The molecule has 1 atom stereocenters. The molecule has 24 heavy (non-hydrogen) atoms. The van der Waals surface area contributed by atoms with E-state index in [0.717, 1.165) is 34.3 Å². The summed E-state index contributed by atoms with van der Waals surface area (Å²) in [5.74, 6) is 0.762. The Morgan fingerprint density at radius 2 is 2.08 bits per heavy atom. The molecule has 3 N–H and O–H groups in total. The van der Waals surface area contributed by atoms with E-state index >= 15 is 0 Å². The van der Waals surface area contributed by atoms with E-state index in [0.29, 0.717) is 6.54 Å². The Labute approximate surface area is 150 Å². The average molecular weight is 389 g/mol. The Morgan fingerprint density at radius 1 is 1.25 bits per heavy atom. The molecule has 126 valence electrons. The summed E-state index contributed by atoms with van der Waals surface area (Å²) in [7, 11) is 1.63. The molecule has 0 radical (unpaired) electrons. The topological polar surface area (TPSA) is 57.3 Å². The van der Waals surface area contributed by atoms with Crippen molar-refractivity contribution in [3.8, 4) is 5.75 Å². The highest BCUT2D eigenvalue weighted by Crippen LogP contribution is 2.27. The van der Waals surface area contributed by atoms with Crippen LogP contribution in [0, 0.1) is 0 Å². The molecule has 0 aliphatic rings. The van der Waals surface area contributed by atoms with Crippen molar-refractivity contribution in [2.24, 2.45) is 0 Å². The van der Waals surface area contributed by atoms with Crippen LogP contribution >= 0.6 is 15.9 Å². The van der Waals surface area contributed by atoms with Gasteiger partial charge in [0.1, 0.15) is 5.75 Å². The highest BCUT2D eigenvalue weighted by atomic mass is 79.9. The van der Waals surface area contributed by atoms with Gasteiger partial charge in [-0.25, -0.2) is 0 Å². The number of rotatable bonds is 7. The molecule has 0 aliphatic carbocycles. The van der Waals surface area contributed by atoms with Crippen LogP contribution in [0.2, 0.25) is 0 Å². The quantitative estimate of drug-likeness (QED) is 0.539. The number of methoxy groups -OCH3 is 1. The van der Waals surface area contributed by atoms with Crippen molar-refractivity contribution in [2.45, 2.75) is 12.5 Å². The van der Waals surface area contributed by atoms with Gasteiger partial charge < -0.3 is 20.1 Å². The fraction of sp³-hybridized carbons (Fsp3) is 0.263. The number of aliphatic hydroxyl groups excluding tert-OH is 1. The molecule has 3 rings (SSSR count). The van der Waals surface area contributed by atoms with Gasteiger partial charge >= 0.3 is 0 Å². The molecule has 1 unspecified atom stereocenters. The number of nitrogens with one attached hydrogen (secondary N) is 2. The van der Waals surface area contributed by atoms with E-state index in [1.54, 1.807) is 7.11 Å². The lowest BCUT2D eigenvalue weighted by molar-refractivity contribution is 0.175. The normalized spacial score (nSPS) is 12.5. The zero-order valence-electron chi connectivity index (χ0n) is 13.6. The van der Waals surface area contributed by atoms with Crippen molar-refractivity contribution in [3.63, 3.8) is 0 Å². The lowest BCUT2D eigenvalue weighted by Gasteiger charge is -2.13. The second-order valence-corrected chi connectivity index (χ2v) is 6.58. The first-order chi connectivity index (χ1) is 11.7. The lowest BCUT2D eigenvalue weighted by Crippen LogP contribution is -2.23. The van der Waals surface area contributed by atoms with Crippen LogP contribution in [0.3, 0.4) is 0 Å². The van der Waals surface area contributed by atoms with Crippen molar-refractivity contribution in [1.29, 1.82) is 0 Å². The molecule has 0 aliphatic heterocycles. The molecule has 1 heterocycles. The minimum atomic E-state index is -0.546. The molecular formula is C19H21BrN2O2. The smallest absolute Gasteiger partial charge is 0.133 e. The minimum absolute atomic E-state index is 0.515. The van der Waals surface area contributed by atoms with Gasteiger partial charge in [-0.2, -0.15) is 0 Å². The number of para-hydroxylation sites is 1. The summed E-state index contributed by atoms with van der Waals surface area (Å²) in [5, 5.41) is 14.9. The third-order valence-electron chi connectivity index (χ3n) is 4.14. The number of aliphatic hydroxyl groups is 1. The summed E-state index contributed by atoms with van der Waals surface area (Å²) in [5.41, 5.74) is 3.32. The first kappa shape index (κ1) is 17.0. The van der Waals surface area contributed by atoms with Crippen LogP contribution in [0.5, 0.6) is 5.75 Å². The Hall–Kier alpha value is -1.82. The summed E-state index contributed by atoms with van der Waals surface area (Å²) in [6, 6.07) is 13.9. The number of H-pyrrole nitrogens is 1. The van der Waals surface area contributed by atoms with Gasteiger partial charge in [-0.1, -0.05) is 24.3 Å². The first-order valence-electron chi connectivity index (χ1n) is 7.96. The Morgan fingerprint density at radius 3 is 2.88 bits per heavy atom. The number of fused-ring (bicyclic) bond motifs is 1. The van der Waals surface area contributed by atoms with Crippen LogP contribution in [0.15, 0.2) is 53.1 Å². The van der Waals surface area contributed by atoms with Gasteiger partial charge in [0.2, 0.25) is 0 Å². The van der Waals surface area contributed by atoms with Crippen molar-refractivity contribution < 1.29 is 9.84 Å². The van der Waals surface area contributed by atoms with Crippen LogP contribution in [0.1, 0.15) is 17.2 Å². The van der Waals surface area contributed by atoms with E-state index in [-0.39, 0.29) is 0 Å². The Balaban J connectivity index is 1.52. The van der Waals surface area contributed by atoms with E-state index < -0.39 is 6.10 Å². The van der Waals surface area contributed by atoms with Crippen LogP contribution in [-0.2, 0) is 6.42 Å². The molecule has 4 nitrogen and oxygen atoms in total. The summed E-state index contributed by atoms with van der Waals surface area (Å²) >= 11 is 3.45. The third-order valence-corrected chi connectivity index (χ3v) is 4.76. The van der Waals surface area contributed by atoms with Crippen molar-refractivity contribution >= 4 is 26.8 Å². The van der Waals surface area contributed by atoms with E-state index in [1.807, 2.05) is 24.3 Å². The van der Waals surface area contributed by atoms with Gasteiger partial charge in [0.25, 0.3) is 0 Å². The van der Waals surface area contributed by atoms with E-state index in [2.05, 4.69) is 50.6 Å². The van der Waals surface area contributed by atoms with Crippen LogP contribution in [0.25, 0.3) is 10.9 Å². The maximum Gasteiger partial charge on any atom is 0.133 e. The van der Waals surface area contributed by atoms with Gasteiger partial charge in [-0.3, -0.25) is 0 Å². The van der Waals surface area contributed by atoms with Crippen LogP contribution in [0.4, 0.5) is 0 Å². The highest BCUT2D eigenvalue weighted by Gasteiger charge is 2.10. The zero-order valence-corrected chi connectivity index (χ0v) is 15.1. The number of ether oxygens (including phenoxy) is 1. The van der Waals surface area contributed by atoms with Crippen molar-refractivity contribution in [1.82, 2.24) is 10.3 Å². The monoisotopic (exact) mass is 388 g/mol. The van der Waals surface area contributed by atoms with E-state index in [4.69, 9.17) is 4.74 Å². The Bertz CT molecular complexity index is 816. The molecule has 3 aromatic rings. The number of aromatic nitrogens is 1. The SMILES string of the molecule is COc1ccc(C(O)CNCCc2c[nH]c3ccccc23)cc1Br. The van der Waals surface area contributed by atoms with Crippen molar-refractivity contribution in [3.05, 3.63) is 64.3 Å². The summed E-state index contributed by atoms with van der Waals surface area (Å²) in [4.78, 5) is 3.29.